The zero-order chi connectivity index (χ0) is 51.8. The number of amides is 6. The molecular formula is C50H58F3N7O10S. The molecule has 6 rings (SSSR count). The minimum atomic E-state index is -4.88. The lowest BCUT2D eigenvalue weighted by molar-refractivity contribution is -0.144. The molecule has 21 heteroatoms. The molecule has 1 aromatic heterocycles. The molecule has 2 fully saturated rings. The lowest BCUT2D eigenvalue weighted by atomic mass is 9.85. The third-order valence-corrected chi connectivity index (χ3v) is 12.9. The van der Waals surface area contributed by atoms with E-state index in [-0.39, 0.29) is 77.2 Å². The van der Waals surface area contributed by atoms with Crippen molar-refractivity contribution in [1.82, 2.24) is 20.5 Å². The number of likely N-dealkylation sites (tertiary alicyclic amines) is 1. The molecule has 3 atom stereocenters. The van der Waals surface area contributed by atoms with Crippen LogP contribution in [0.1, 0.15) is 76.8 Å². The van der Waals surface area contributed by atoms with E-state index in [0.29, 0.717) is 33.7 Å². The molecular weight excluding hydrogens is 948 g/mol. The summed E-state index contributed by atoms with van der Waals surface area (Å²) in [6.07, 6.45) is -5.55. The van der Waals surface area contributed by atoms with Crippen LogP contribution in [-0.4, -0.2) is 115 Å². The highest BCUT2D eigenvalue weighted by Gasteiger charge is 2.53. The maximum Gasteiger partial charge on any atom is 0.417 e. The predicted molar refractivity (Wildman–Crippen MR) is 257 cm³/mol. The summed E-state index contributed by atoms with van der Waals surface area (Å²) in [4.78, 5) is 75.4. The normalized spacial score (nSPS) is 17.3. The van der Waals surface area contributed by atoms with Crippen molar-refractivity contribution in [3.63, 3.8) is 0 Å². The SMILES string of the molecule is CCC(=O)N[C@H](C(=O)N1C[C@H](O)C[C@H]1C(=O)NCc1ccc(-c2scnc2C)cc1OCCOCCOCCOc1ccc(N2C(=O)N(c3ccc(C#N)c(C(F)(F)F)c3)C(=O)C2(C)C)cc1)C(C)(C)C. The fourth-order valence-corrected chi connectivity index (χ4v) is 8.94. The Balaban J connectivity index is 0.963. The van der Waals surface area contributed by atoms with Crippen LogP contribution in [0.5, 0.6) is 11.5 Å². The fraction of sp³-hybridized carbons (Fsp3) is 0.460. The maximum atomic E-state index is 13.8. The number of anilines is 2. The Morgan fingerprint density at radius 2 is 1.59 bits per heavy atom. The van der Waals surface area contributed by atoms with Crippen LogP contribution in [0.15, 0.2) is 66.2 Å². The minimum Gasteiger partial charge on any atom is -0.491 e. The zero-order valence-electron chi connectivity index (χ0n) is 40.6. The quantitative estimate of drug-likeness (QED) is 0.0619. The largest absolute Gasteiger partial charge is 0.491 e. The third-order valence-electron chi connectivity index (χ3n) is 11.9. The van der Waals surface area contributed by atoms with E-state index in [0.717, 1.165) is 28.3 Å². The number of urea groups is 1. The summed E-state index contributed by atoms with van der Waals surface area (Å²) < 4.78 is 64.4. The molecule has 3 N–H and O–H groups in total. The van der Waals surface area contributed by atoms with E-state index in [4.69, 9.17) is 18.9 Å². The number of thiazole rings is 1. The van der Waals surface area contributed by atoms with Gasteiger partial charge >= 0.3 is 12.2 Å². The van der Waals surface area contributed by atoms with Gasteiger partial charge in [-0.2, -0.15) is 18.4 Å². The van der Waals surface area contributed by atoms with E-state index in [1.54, 1.807) is 36.7 Å². The first kappa shape index (κ1) is 53.7. The molecule has 4 aromatic rings. The molecule has 17 nitrogen and oxygen atoms in total. The summed E-state index contributed by atoms with van der Waals surface area (Å²) in [5.74, 6) is -0.981. The van der Waals surface area contributed by atoms with Gasteiger partial charge < -0.3 is 39.6 Å². The van der Waals surface area contributed by atoms with Gasteiger partial charge in [0.25, 0.3) is 5.91 Å². The molecule has 0 unspecified atom stereocenters. The van der Waals surface area contributed by atoms with Crippen LogP contribution in [0.2, 0.25) is 0 Å². The molecule has 3 aromatic carbocycles. The van der Waals surface area contributed by atoms with Crippen LogP contribution in [0.3, 0.4) is 0 Å². The van der Waals surface area contributed by atoms with Crippen molar-refractivity contribution >= 4 is 52.4 Å². The Kier molecular flexibility index (Phi) is 17.1. The van der Waals surface area contributed by atoms with Gasteiger partial charge in [-0.1, -0.05) is 39.8 Å². The number of aliphatic hydroxyl groups excluding tert-OH is 1. The number of benzene rings is 3. The van der Waals surface area contributed by atoms with E-state index in [1.807, 2.05) is 45.9 Å². The van der Waals surface area contributed by atoms with Crippen molar-refractivity contribution in [1.29, 1.82) is 5.26 Å². The van der Waals surface area contributed by atoms with Gasteiger partial charge in [-0.05, 0) is 80.3 Å². The highest BCUT2D eigenvalue weighted by Crippen LogP contribution is 2.40. The number of hydrogen-bond acceptors (Lipinski definition) is 13. The van der Waals surface area contributed by atoms with E-state index >= 15 is 0 Å². The Labute approximate surface area is 413 Å². The number of alkyl halides is 3. The first-order valence-electron chi connectivity index (χ1n) is 23.0. The van der Waals surface area contributed by atoms with Gasteiger partial charge in [-0.3, -0.25) is 24.1 Å². The number of nitriles is 1. The number of carbonyl (C=O) groups is 5. The van der Waals surface area contributed by atoms with Crippen LogP contribution in [0.4, 0.5) is 29.3 Å². The molecule has 71 heavy (non-hydrogen) atoms. The number of aryl methyl sites for hydroxylation is 1. The average Bonchev–Trinajstić information content (AvgIpc) is 3.99. The Bertz CT molecular complexity index is 2630. The van der Waals surface area contributed by atoms with Crippen molar-refractivity contribution in [2.24, 2.45) is 5.41 Å². The molecule has 0 aliphatic carbocycles. The Morgan fingerprint density at radius 1 is 0.944 bits per heavy atom. The van der Waals surface area contributed by atoms with E-state index < -0.39 is 70.2 Å². The molecule has 0 saturated carbocycles. The number of hydrogen-bond donors (Lipinski definition) is 3. The van der Waals surface area contributed by atoms with E-state index in [9.17, 15) is 47.5 Å². The highest BCUT2D eigenvalue weighted by molar-refractivity contribution is 7.13. The number of rotatable bonds is 20. The predicted octanol–water partition coefficient (Wildman–Crippen LogP) is 6.77. The molecule has 0 bridgehead atoms. The van der Waals surface area contributed by atoms with Crippen LogP contribution >= 0.6 is 11.3 Å². The summed E-state index contributed by atoms with van der Waals surface area (Å²) in [6, 6.07) is 13.4. The third kappa shape index (κ3) is 12.7. The molecule has 2 saturated heterocycles. The molecule has 0 spiro atoms. The molecule has 6 amide bonds. The van der Waals surface area contributed by atoms with Gasteiger partial charge in [0.05, 0.1) is 71.5 Å². The highest BCUT2D eigenvalue weighted by atomic mass is 32.1. The smallest absolute Gasteiger partial charge is 0.417 e. The van der Waals surface area contributed by atoms with E-state index in [1.165, 1.54) is 41.1 Å². The molecule has 2 aliphatic heterocycles. The number of ether oxygens (including phenoxy) is 4. The van der Waals surface area contributed by atoms with Crippen LogP contribution in [0.25, 0.3) is 10.4 Å². The lowest BCUT2D eigenvalue weighted by Gasteiger charge is -2.35. The van der Waals surface area contributed by atoms with Crippen LogP contribution < -0.4 is 29.9 Å². The summed E-state index contributed by atoms with van der Waals surface area (Å²) in [5, 5.41) is 25.5. The number of imide groups is 1. The summed E-state index contributed by atoms with van der Waals surface area (Å²) in [5.41, 5.74) is 0.168. The molecule has 2 aliphatic rings. The molecule has 3 heterocycles. The second kappa shape index (κ2) is 22.6. The summed E-state index contributed by atoms with van der Waals surface area (Å²) >= 11 is 1.48. The van der Waals surface area contributed by atoms with E-state index in [2.05, 4.69) is 15.6 Å². The topological polar surface area (TPSA) is 213 Å². The van der Waals surface area contributed by atoms with Gasteiger partial charge in [-0.25, -0.2) is 14.7 Å². The van der Waals surface area contributed by atoms with Crippen molar-refractivity contribution in [3.05, 3.63) is 88.6 Å². The van der Waals surface area contributed by atoms with Gasteiger partial charge in [0, 0.05) is 37.2 Å². The van der Waals surface area contributed by atoms with Crippen LogP contribution in [-0.2, 0) is 41.4 Å². The first-order chi connectivity index (χ1) is 33.6. The van der Waals surface area contributed by atoms with Crippen molar-refractivity contribution in [3.8, 4) is 28.0 Å². The fourth-order valence-electron chi connectivity index (χ4n) is 8.14. The second-order valence-electron chi connectivity index (χ2n) is 18.5. The number of nitrogens with zero attached hydrogens (tertiary/aromatic N) is 5. The number of carbonyl (C=O) groups excluding carboxylic acids is 5. The monoisotopic (exact) mass is 1010 g/mol. The second-order valence-corrected chi connectivity index (χ2v) is 19.4. The van der Waals surface area contributed by atoms with Crippen molar-refractivity contribution in [2.75, 3.05) is 56.0 Å². The van der Waals surface area contributed by atoms with Crippen LogP contribution in [0, 0.1) is 23.7 Å². The number of β-amino-alcohol motifs (C(OH)–C–C–N with tert-alkyl or cyclic N) is 1. The summed E-state index contributed by atoms with van der Waals surface area (Å²) in [7, 11) is 0. The number of halogens is 3. The standard InChI is InChI=1S/C50H58F3N7O10S/c1-8-41(62)57-43(48(3,4)5)45(64)58-28-36(61)25-39(58)44(63)55-27-33-10-9-31(42-30(2)56-29-71-42)23-40(33)70-22-20-68-18-17-67-19-21-69-37-15-13-34(14-16-37)60-47(66)59(46(65)49(60,6)7)35-12-11-32(26-54)38(24-35)50(51,52)53/h9-16,23-24,29,36,39,43,61H,8,17-22,25,27-28H2,1-7H3,(H,55,63)(H,57,62)/t36-,39+,43-/m1/s1. The summed E-state index contributed by atoms with van der Waals surface area (Å²) in [6.45, 7) is 13.3. The Hall–Kier alpha value is -6.60. The molecule has 380 valence electrons. The van der Waals surface area contributed by atoms with Crippen molar-refractivity contribution < 1.29 is 61.2 Å². The number of aliphatic hydroxyl groups is 1. The maximum absolute atomic E-state index is 13.8. The van der Waals surface area contributed by atoms with Crippen molar-refractivity contribution in [2.45, 2.75) is 97.8 Å². The Morgan fingerprint density at radius 3 is 2.20 bits per heavy atom. The zero-order valence-corrected chi connectivity index (χ0v) is 41.4. The minimum absolute atomic E-state index is 0.0404. The van der Waals surface area contributed by atoms with Gasteiger partial charge in [0.1, 0.15) is 42.3 Å². The molecule has 0 radical (unpaired) electrons. The number of aromatic nitrogens is 1. The number of nitrogens with one attached hydrogen (secondary N) is 2. The first-order valence-corrected chi connectivity index (χ1v) is 23.8. The van der Waals surface area contributed by atoms with Gasteiger partial charge in [0.2, 0.25) is 17.7 Å². The van der Waals surface area contributed by atoms with Gasteiger partial charge in [-0.15, -0.1) is 11.3 Å². The lowest BCUT2D eigenvalue weighted by Crippen LogP contribution is -2.57. The van der Waals surface area contributed by atoms with Gasteiger partial charge in [0.15, 0.2) is 0 Å². The average molecular weight is 1010 g/mol.